The zero-order valence-electron chi connectivity index (χ0n) is 17.0. The van der Waals surface area contributed by atoms with Gasteiger partial charge in [-0.1, -0.05) is 48.5 Å². The zero-order valence-corrected chi connectivity index (χ0v) is 17.8. The van der Waals surface area contributed by atoms with Gasteiger partial charge in [-0.25, -0.2) is 8.42 Å². The summed E-state index contributed by atoms with van der Waals surface area (Å²) in [5, 5.41) is 12.5. The van der Waals surface area contributed by atoms with Crippen LogP contribution in [0.5, 0.6) is 0 Å². The van der Waals surface area contributed by atoms with Crippen LogP contribution in [0.2, 0.25) is 0 Å². The van der Waals surface area contributed by atoms with E-state index in [4.69, 9.17) is 0 Å². The molecule has 0 saturated heterocycles. The van der Waals surface area contributed by atoms with Crippen molar-refractivity contribution in [2.75, 3.05) is 30.5 Å². The predicted molar refractivity (Wildman–Crippen MR) is 118 cm³/mol. The third kappa shape index (κ3) is 4.96. The van der Waals surface area contributed by atoms with E-state index in [-0.39, 0.29) is 11.4 Å². The van der Waals surface area contributed by atoms with Crippen molar-refractivity contribution in [3.05, 3.63) is 72.8 Å². The molecule has 29 heavy (non-hydrogen) atoms. The molecule has 0 aromatic heterocycles. The van der Waals surface area contributed by atoms with Crippen LogP contribution in [0.15, 0.2) is 77.7 Å². The van der Waals surface area contributed by atoms with Crippen molar-refractivity contribution in [1.82, 2.24) is 0 Å². The molecule has 1 atom stereocenters. The number of rotatable bonds is 9. The van der Waals surface area contributed by atoms with Gasteiger partial charge in [-0.05, 0) is 48.9 Å². The molecule has 3 aromatic rings. The van der Waals surface area contributed by atoms with E-state index in [2.05, 4.69) is 13.8 Å². The number of quaternary nitrogens is 1. The number of fused-ring (bicyclic) bond motifs is 1. The minimum atomic E-state index is -3.83. The van der Waals surface area contributed by atoms with E-state index in [0.29, 0.717) is 12.2 Å². The van der Waals surface area contributed by atoms with Gasteiger partial charge in [0.05, 0.1) is 30.2 Å². The fraction of sp³-hybridized carbons (Fsp3) is 0.304. The number of sulfonamides is 1. The third-order valence-corrected chi connectivity index (χ3v) is 7.04. The van der Waals surface area contributed by atoms with Crippen LogP contribution in [0.3, 0.4) is 0 Å². The van der Waals surface area contributed by atoms with Gasteiger partial charge in [0.2, 0.25) is 0 Å². The van der Waals surface area contributed by atoms with E-state index in [1.807, 2.05) is 36.4 Å². The van der Waals surface area contributed by atoms with E-state index < -0.39 is 16.1 Å². The van der Waals surface area contributed by atoms with Crippen molar-refractivity contribution >= 4 is 26.5 Å². The number of nitrogens with one attached hydrogen (secondary N) is 1. The lowest BCUT2D eigenvalue weighted by atomic mass is 10.1. The number of para-hydroxylation sites is 1. The summed E-state index contributed by atoms with van der Waals surface area (Å²) in [5.74, 6) is 0. The molecular formula is C23H29N2O3S+. The highest BCUT2D eigenvalue weighted by Gasteiger charge is 2.28. The second-order valence-electron chi connectivity index (χ2n) is 7.20. The number of nitrogens with zero attached hydrogens (tertiary/aromatic N) is 1. The summed E-state index contributed by atoms with van der Waals surface area (Å²) in [6.07, 6.45) is -0.764. The van der Waals surface area contributed by atoms with Crippen molar-refractivity contribution in [2.45, 2.75) is 24.8 Å². The number of hydrogen-bond acceptors (Lipinski definition) is 3. The Kier molecular flexibility index (Phi) is 6.90. The molecule has 0 aliphatic rings. The van der Waals surface area contributed by atoms with Crippen LogP contribution in [0.4, 0.5) is 5.69 Å². The molecule has 2 N–H and O–H groups in total. The largest absolute Gasteiger partial charge is 0.385 e. The molecule has 0 radical (unpaired) electrons. The normalized spacial score (nSPS) is 13.0. The van der Waals surface area contributed by atoms with Crippen LogP contribution < -0.4 is 9.21 Å². The molecule has 0 saturated carbocycles. The first-order valence-corrected chi connectivity index (χ1v) is 11.5. The van der Waals surface area contributed by atoms with Gasteiger partial charge in [0.1, 0.15) is 12.6 Å². The lowest BCUT2D eigenvalue weighted by Gasteiger charge is -2.28. The highest BCUT2D eigenvalue weighted by Crippen LogP contribution is 2.26. The molecule has 0 aliphatic heterocycles. The number of aliphatic hydroxyl groups excluding tert-OH is 1. The molecule has 154 valence electrons. The van der Waals surface area contributed by atoms with Crippen LogP contribution in [0.25, 0.3) is 10.8 Å². The van der Waals surface area contributed by atoms with Crippen LogP contribution >= 0.6 is 0 Å². The molecule has 0 fully saturated rings. The maximum absolute atomic E-state index is 13.5. The Bertz CT molecular complexity index is 1030. The van der Waals surface area contributed by atoms with Gasteiger partial charge in [-0.2, -0.15) is 0 Å². The smallest absolute Gasteiger partial charge is 0.264 e. The van der Waals surface area contributed by atoms with Crippen LogP contribution in [0.1, 0.15) is 13.8 Å². The first kappa shape index (κ1) is 21.3. The fourth-order valence-corrected chi connectivity index (χ4v) is 5.06. The molecule has 0 heterocycles. The fourth-order valence-electron chi connectivity index (χ4n) is 3.52. The number of anilines is 1. The molecule has 1 unspecified atom stereocenters. The molecule has 0 aliphatic carbocycles. The molecule has 0 bridgehead atoms. The summed E-state index contributed by atoms with van der Waals surface area (Å²) in [6, 6.07) is 21.8. The van der Waals surface area contributed by atoms with Crippen LogP contribution in [-0.4, -0.2) is 45.8 Å². The van der Waals surface area contributed by atoms with Crippen molar-refractivity contribution in [1.29, 1.82) is 0 Å². The molecule has 0 spiro atoms. The third-order valence-electron chi connectivity index (χ3n) is 5.25. The molecule has 6 heteroatoms. The standard InChI is InChI=1S/C23H28N2O3S/c1-3-24(4-2)17-22(26)18-25(21-12-6-5-7-13-21)29(27,28)23-15-14-19-10-8-9-11-20(19)16-23/h5-16,22,26H,3-4,17-18H2,1-2H3/p+1. The number of hydrogen-bond donors (Lipinski definition) is 2. The first-order valence-electron chi connectivity index (χ1n) is 10.0. The van der Waals surface area contributed by atoms with Gasteiger partial charge in [-0.15, -0.1) is 0 Å². The highest BCUT2D eigenvalue weighted by molar-refractivity contribution is 7.92. The average molecular weight is 414 g/mol. The number of aliphatic hydroxyl groups is 1. The summed E-state index contributed by atoms with van der Waals surface area (Å²) in [4.78, 5) is 1.45. The lowest BCUT2D eigenvalue weighted by molar-refractivity contribution is -0.899. The minimum Gasteiger partial charge on any atom is -0.385 e. The van der Waals surface area contributed by atoms with E-state index in [1.165, 1.54) is 9.21 Å². The predicted octanol–water partition coefficient (Wildman–Crippen LogP) is 2.32. The van der Waals surface area contributed by atoms with Crippen LogP contribution in [0, 0.1) is 0 Å². The van der Waals surface area contributed by atoms with Gasteiger partial charge in [-0.3, -0.25) is 4.31 Å². The van der Waals surface area contributed by atoms with Crippen molar-refractivity contribution < 1.29 is 18.4 Å². The second kappa shape index (κ2) is 9.39. The zero-order chi connectivity index (χ0) is 20.9. The molecule has 5 nitrogen and oxygen atoms in total. The van der Waals surface area contributed by atoms with Gasteiger partial charge in [0.15, 0.2) is 0 Å². The Balaban J connectivity index is 1.97. The molecular weight excluding hydrogens is 384 g/mol. The molecule has 0 amide bonds. The monoisotopic (exact) mass is 413 g/mol. The lowest BCUT2D eigenvalue weighted by Crippen LogP contribution is -3.12. The van der Waals surface area contributed by atoms with Gasteiger partial charge in [0, 0.05) is 0 Å². The Morgan fingerprint density at radius 2 is 1.52 bits per heavy atom. The summed E-state index contributed by atoms with van der Waals surface area (Å²) < 4.78 is 28.4. The molecule has 3 rings (SSSR count). The topological polar surface area (TPSA) is 62.1 Å². The molecule has 3 aromatic carbocycles. The van der Waals surface area contributed by atoms with E-state index >= 15 is 0 Å². The van der Waals surface area contributed by atoms with Gasteiger partial charge < -0.3 is 10.0 Å². The summed E-state index contributed by atoms with van der Waals surface area (Å²) in [7, 11) is -3.83. The average Bonchev–Trinajstić information content (AvgIpc) is 2.76. The summed E-state index contributed by atoms with van der Waals surface area (Å²) in [6.45, 7) is 6.41. The minimum absolute atomic E-state index is 0.0165. The highest BCUT2D eigenvalue weighted by atomic mass is 32.2. The first-order chi connectivity index (χ1) is 14.0. The SMILES string of the molecule is CC[NH+](CC)CC(O)CN(c1ccccc1)S(=O)(=O)c1ccc2ccccc2c1. The Morgan fingerprint density at radius 3 is 2.17 bits per heavy atom. The maximum Gasteiger partial charge on any atom is 0.264 e. The van der Waals surface area contributed by atoms with Crippen molar-refractivity contribution in [3.63, 3.8) is 0 Å². The van der Waals surface area contributed by atoms with E-state index in [1.54, 1.807) is 36.4 Å². The van der Waals surface area contributed by atoms with Crippen molar-refractivity contribution in [2.24, 2.45) is 0 Å². The maximum atomic E-state index is 13.5. The summed E-state index contributed by atoms with van der Waals surface area (Å²) in [5.41, 5.74) is 0.550. The van der Waals surface area contributed by atoms with Crippen molar-refractivity contribution in [3.8, 4) is 0 Å². The van der Waals surface area contributed by atoms with Gasteiger partial charge >= 0.3 is 0 Å². The van der Waals surface area contributed by atoms with Crippen LogP contribution in [-0.2, 0) is 10.0 Å². The Hall–Kier alpha value is -2.41. The Morgan fingerprint density at radius 1 is 0.897 bits per heavy atom. The van der Waals surface area contributed by atoms with E-state index in [9.17, 15) is 13.5 Å². The quantitative estimate of drug-likeness (QED) is 0.566. The van der Waals surface area contributed by atoms with Gasteiger partial charge in [0.25, 0.3) is 10.0 Å². The summed E-state index contributed by atoms with van der Waals surface area (Å²) >= 11 is 0. The number of benzene rings is 3. The Labute approximate surface area is 173 Å². The second-order valence-corrected chi connectivity index (χ2v) is 9.06. The number of likely N-dealkylation sites (N-methyl/N-ethyl adjacent to an activating group) is 1. The van der Waals surface area contributed by atoms with E-state index in [0.717, 1.165) is 23.9 Å².